The molecule has 122 valence electrons. The first-order chi connectivity index (χ1) is 10.2. The van der Waals surface area contributed by atoms with E-state index in [2.05, 4.69) is 34.1 Å². The van der Waals surface area contributed by atoms with E-state index in [1.807, 2.05) is 0 Å². The lowest BCUT2D eigenvalue weighted by Crippen LogP contribution is -2.41. The summed E-state index contributed by atoms with van der Waals surface area (Å²) in [5, 5.41) is 3.26. The third-order valence-corrected chi connectivity index (χ3v) is 5.10. The van der Waals surface area contributed by atoms with Gasteiger partial charge >= 0.3 is 0 Å². The van der Waals surface area contributed by atoms with Gasteiger partial charge < -0.3 is 16.0 Å². The quantitative estimate of drug-likeness (QED) is 0.548. The molecule has 5 heteroatoms. The molecule has 2 aliphatic rings. The topological polar surface area (TPSA) is 56.9 Å². The number of guanidine groups is 1. The molecule has 2 fully saturated rings. The van der Waals surface area contributed by atoms with Crippen LogP contribution in [-0.4, -0.2) is 67.6 Å². The van der Waals surface area contributed by atoms with Gasteiger partial charge in [0.15, 0.2) is 5.96 Å². The molecule has 1 unspecified atom stereocenters. The zero-order valence-electron chi connectivity index (χ0n) is 13.9. The maximum absolute atomic E-state index is 5.98. The molecule has 5 nitrogen and oxygen atoms in total. The van der Waals surface area contributed by atoms with Crippen molar-refractivity contribution in [3.05, 3.63) is 0 Å². The van der Waals surface area contributed by atoms with Crippen LogP contribution in [0.5, 0.6) is 0 Å². The summed E-state index contributed by atoms with van der Waals surface area (Å²) in [5.41, 5.74) is 5.98. The molecular formula is C16H33N5. The summed E-state index contributed by atoms with van der Waals surface area (Å²) in [4.78, 5) is 9.49. The number of nitrogens with zero attached hydrogens (tertiary/aromatic N) is 3. The number of hydrogen-bond donors (Lipinski definition) is 2. The maximum atomic E-state index is 5.98. The van der Waals surface area contributed by atoms with Crippen LogP contribution in [0.25, 0.3) is 0 Å². The van der Waals surface area contributed by atoms with Crippen LogP contribution in [0.15, 0.2) is 4.99 Å². The van der Waals surface area contributed by atoms with E-state index >= 15 is 0 Å². The normalized spacial score (nSPS) is 25.1. The second kappa shape index (κ2) is 8.59. The predicted octanol–water partition coefficient (Wildman–Crippen LogP) is 1.25. The number of likely N-dealkylation sites (tertiary alicyclic amines) is 1. The fourth-order valence-electron chi connectivity index (χ4n) is 3.67. The van der Waals surface area contributed by atoms with Crippen LogP contribution in [0.1, 0.15) is 45.4 Å². The third-order valence-electron chi connectivity index (χ3n) is 5.10. The zero-order chi connectivity index (χ0) is 15.1. The molecule has 2 rings (SSSR count). The largest absolute Gasteiger partial charge is 0.370 e. The Morgan fingerprint density at radius 2 is 2.05 bits per heavy atom. The lowest BCUT2D eigenvalue weighted by Gasteiger charge is -2.24. The summed E-state index contributed by atoms with van der Waals surface area (Å²) in [7, 11) is 2.22. The second-order valence-electron chi connectivity index (χ2n) is 6.50. The van der Waals surface area contributed by atoms with Gasteiger partial charge in [0.05, 0.1) is 6.54 Å². The molecule has 0 aromatic heterocycles. The van der Waals surface area contributed by atoms with E-state index in [1.165, 1.54) is 45.1 Å². The molecule has 0 spiro atoms. The minimum Gasteiger partial charge on any atom is -0.370 e. The third kappa shape index (κ3) is 5.15. The fourth-order valence-corrected chi connectivity index (χ4v) is 3.67. The van der Waals surface area contributed by atoms with Crippen molar-refractivity contribution in [3.63, 3.8) is 0 Å². The predicted molar refractivity (Wildman–Crippen MR) is 89.6 cm³/mol. The molecule has 0 aromatic carbocycles. The van der Waals surface area contributed by atoms with E-state index in [1.54, 1.807) is 0 Å². The average Bonchev–Trinajstić information content (AvgIpc) is 3.15. The summed E-state index contributed by atoms with van der Waals surface area (Å²) in [6.45, 7) is 7.35. The summed E-state index contributed by atoms with van der Waals surface area (Å²) >= 11 is 0. The summed E-state index contributed by atoms with van der Waals surface area (Å²) in [6.07, 6.45) is 8.05. The molecule has 21 heavy (non-hydrogen) atoms. The Kier molecular flexibility index (Phi) is 6.77. The van der Waals surface area contributed by atoms with Gasteiger partial charge in [-0.1, -0.05) is 19.8 Å². The summed E-state index contributed by atoms with van der Waals surface area (Å²) in [6, 6.07) is 1.37. The smallest absolute Gasteiger partial charge is 0.188 e. The van der Waals surface area contributed by atoms with Crippen molar-refractivity contribution in [1.82, 2.24) is 15.1 Å². The van der Waals surface area contributed by atoms with Crippen molar-refractivity contribution in [3.8, 4) is 0 Å². The van der Waals surface area contributed by atoms with Crippen LogP contribution in [0.4, 0.5) is 0 Å². The molecule has 0 bridgehead atoms. The molecule has 1 heterocycles. The number of likely N-dealkylation sites (N-methyl/N-ethyl adjacent to an activating group) is 2. The van der Waals surface area contributed by atoms with Gasteiger partial charge in [0.2, 0.25) is 0 Å². The maximum Gasteiger partial charge on any atom is 0.188 e. The highest BCUT2D eigenvalue weighted by Crippen LogP contribution is 2.21. The Bertz CT molecular complexity index is 325. The van der Waals surface area contributed by atoms with Crippen molar-refractivity contribution >= 4 is 5.96 Å². The van der Waals surface area contributed by atoms with Gasteiger partial charge in [-0.2, -0.15) is 0 Å². The highest BCUT2D eigenvalue weighted by atomic mass is 15.2. The van der Waals surface area contributed by atoms with E-state index in [0.29, 0.717) is 12.0 Å². The van der Waals surface area contributed by atoms with E-state index in [0.717, 1.165) is 32.2 Å². The van der Waals surface area contributed by atoms with Crippen LogP contribution >= 0.6 is 0 Å². The number of nitrogens with two attached hydrogens (primary N) is 1. The highest BCUT2D eigenvalue weighted by Gasteiger charge is 2.22. The van der Waals surface area contributed by atoms with E-state index in [-0.39, 0.29) is 0 Å². The van der Waals surface area contributed by atoms with E-state index in [9.17, 15) is 0 Å². The molecule has 1 aliphatic heterocycles. The number of hydrogen-bond acceptors (Lipinski definition) is 3. The van der Waals surface area contributed by atoms with Gasteiger partial charge in [0.25, 0.3) is 0 Å². The average molecular weight is 295 g/mol. The van der Waals surface area contributed by atoms with Gasteiger partial charge in [-0.15, -0.1) is 0 Å². The standard InChI is InChI=1S/C16H33N5/c1-3-21-11-6-9-15(21)13-19-16(17)18-10-12-20(2)14-7-4-5-8-14/h14-15H,3-13H2,1-2H3,(H3,17,18,19). The number of aliphatic imine (C=N–C) groups is 1. The zero-order valence-corrected chi connectivity index (χ0v) is 13.9. The van der Waals surface area contributed by atoms with Gasteiger partial charge in [-0.3, -0.25) is 9.89 Å². The lowest BCUT2D eigenvalue weighted by atomic mass is 10.2. The summed E-state index contributed by atoms with van der Waals surface area (Å²) < 4.78 is 0. The number of rotatable bonds is 7. The molecule has 0 amide bonds. The first-order valence-corrected chi connectivity index (χ1v) is 8.68. The molecule has 0 radical (unpaired) electrons. The number of nitrogens with one attached hydrogen (secondary N) is 1. The van der Waals surface area contributed by atoms with Crippen LogP contribution in [0, 0.1) is 0 Å². The Balaban J connectivity index is 1.62. The molecular weight excluding hydrogens is 262 g/mol. The summed E-state index contributed by atoms with van der Waals surface area (Å²) in [5.74, 6) is 0.609. The van der Waals surface area contributed by atoms with Crippen molar-refractivity contribution in [2.24, 2.45) is 10.7 Å². The molecule has 1 atom stereocenters. The monoisotopic (exact) mass is 295 g/mol. The SMILES string of the molecule is CCN1CCCC1CN=C(N)NCCN(C)C1CCCC1. The van der Waals surface area contributed by atoms with Crippen LogP contribution in [0.3, 0.4) is 0 Å². The van der Waals surface area contributed by atoms with Gasteiger partial charge in [-0.25, -0.2) is 0 Å². The van der Waals surface area contributed by atoms with Crippen LogP contribution < -0.4 is 11.1 Å². The minimum atomic E-state index is 0.594. The Morgan fingerprint density at radius 1 is 1.29 bits per heavy atom. The van der Waals surface area contributed by atoms with Crippen molar-refractivity contribution in [1.29, 1.82) is 0 Å². The molecule has 1 saturated carbocycles. The molecule has 1 saturated heterocycles. The van der Waals surface area contributed by atoms with Crippen LogP contribution in [0.2, 0.25) is 0 Å². The van der Waals surface area contributed by atoms with E-state index < -0.39 is 0 Å². The van der Waals surface area contributed by atoms with Crippen LogP contribution in [-0.2, 0) is 0 Å². The minimum absolute atomic E-state index is 0.594. The van der Waals surface area contributed by atoms with Gasteiger partial charge in [-0.05, 0) is 45.8 Å². The molecule has 1 aliphatic carbocycles. The Morgan fingerprint density at radius 3 is 2.76 bits per heavy atom. The molecule has 3 N–H and O–H groups in total. The first-order valence-electron chi connectivity index (χ1n) is 8.68. The highest BCUT2D eigenvalue weighted by molar-refractivity contribution is 5.77. The molecule has 0 aromatic rings. The van der Waals surface area contributed by atoms with Gasteiger partial charge in [0, 0.05) is 25.2 Å². The van der Waals surface area contributed by atoms with Crippen molar-refractivity contribution < 1.29 is 0 Å². The second-order valence-corrected chi connectivity index (χ2v) is 6.50. The Hall–Kier alpha value is -0.810. The first kappa shape index (κ1) is 16.6. The fraction of sp³-hybridized carbons (Fsp3) is 0.938. The van der Waals surface area contributed by atoms with Crippen molar-refractivity contribution in [2.75, 3.05) is 39.8 Å². The Labute approximate surface area is 130 Å². The van der Waals surface area contributed by atoms with Crippen molar-refractivity contribution in [2.45, 2.75) is 57.5 Å². The van der Waals surface area contributed by atoms with E-state index in [4.69, 9.17) is 5.73 Å². The van der Waals surface area contributed by atoms with Gasteiger partial charge in [0.1, 0.15) is 0 Å². The lowest BCUT2D eigenvalue weighted by molar-refractivity contribution is 0.249.